The fourth-order valence-electron chi connectivity index (χ4n) is 2.89. The number of nitrogens with one attached hydrogen (secondary N) is 2. The molecule has 28 heavy (non-hydrogen) atoms. The molecule has 1 unspecified atom stereocenters. The molecule has 150 valence electrons. The number of ether oxygens (including phenoxy) is 2. The van der Waals surface area contributed by atoms with Crippen LogP contribution in [0.15, 0.2) is 47.4 Å². The Bertz CT molecular complexity index is 975. The van der Waals surface area contributed by atoms with Crippen LogP contribution in [0.5, 0.6) is 11.5 Å². The van der Waals surface area contributed by atoms with Crippen LogP contribution in [-0.4, -0.2) is 53.1 Å². The molecule has 2 aromatic rings. The lowest BCUT2D eigenvalue weighted by Gasteiger charge is -2.15. The molecular weight excluding hydrogens is 382 g/mol. The van der Waals surface area contributed by atoms with Gasteiger partial charge in [0, 0.05) is 25.3 Å². The zero-order valence-corrected chi connectivity index (χ0v) is 16.9. The number of benzene rings is 2. The summed E-state index contributed by atoms with van der Waals surface area (Å²) >= 11 is 0. The molecule has 8 nitrogen and oxygen atoms in total. The number of nitrogens with zero attached hydrogens (tertiary/aromatic N) is 1. The van der Waals surface area contributed by atoms with Crippen molar-refractivity contribution in [1.82, 2.24) is 4.31 Å². The standard InChI is InChI=1S/C19H23N3O5S/c1-21(2)28(24,25)16-6-4-5-15(10-16)20-19(23)12-22(3)11-14-7-8-17-18(9-14)27-13-26-17/h4-10H,11-13H2,1-3H3,(H,20,23)/p+1. The number of sulfonamides is 1. The van der Waals surface area contributed by atoms with Gasteiger partial charge < -0.3 is 19.7 Å². The SMILES string of the molecule is CN(C)S(=O)(=O)c1cccc(NC(=O)C[NH+](C)Cc2ccc3c(c2)OCO3)c1. The first-order chi connectivity index (χ1) is 13.3. The molecule has 0 radical (unpaired) electrons. The first kappa shape index (κ1) is 20.1. The second kappa shape index (κ2) is 8.17. The Balaban J connectivity index is 1.59. The summed E-state index contributed by atoms with van der Waals surface area (Å²) in [6.45, 7) is 1.10. The van der Waals surface area contributed by atoms with Gasteiger partial charge in [-0.2, -0.15) is 0 Å². The van der Waals surface area contributed by atoms with Gasteiger partial charge in [0.05, 0.1) is 11.9 Å². The molecule has 1 atom stereocenters. The van der Waals surface area contributed by atoms with Gasteiger partial charge in [0.1, 0.15) is 6.54 Å². The van der Waals surface area contributed by atoms with Gasteiger partial charge in [-0.05, 0) is 36.4 Å². The van der Waals surface area contributed by atoms with Gasteiger partial charge >= 0.3 is 0 Å². The van der Waals surface area contributed by atoms with E-state index >= 15 is 0 Å². The van der Waals surface area contributed by atoms with Crippen molar-refractivity contribution < 1.29 is 27.6 Å². The van der Waals surface area contributed by atoms with Crippen molar-refractivity contribution in [2.45, 2.75) is 11.4 Å². The van der Waals surface area contributed by atoms with E-state index in [1.165, 1.54) is 26.2 Å². The number of hydrogen-bond acceptors (Lipinski definition) is 5. The summed E-state index contributed by atoms with van der Waals surface area (Å²) in [6, 6.07) is 12.0. The average Bonchev–Trinajstić information content (AvgIpc) is 3.09. The van der Waals surface area contributed by atoms with Gasteiger partial charge in [-0.3, -0.25) is 4.79 Å². The van der Waals surface area contributed by atoms with Crippen molar-refractivity contribution in [3.05, 3.63) is 48.0 Å². The summed E-state index contributed by atoms with van der Waals surface area (Å²) in [6.07, 6.45) is 0. The lowest BCUT2D eigenvalue weighted by molar-refractivity contribution is -0.885. The van der Waals surface area contributed by atoms with Gasteiger partial charge in [0.15, 0.2) is 18.0 Å². The maximum Gasteiger partial charge on any atom is 0.279 e. The van der Waals surface area contributed by atoms with E-state index in [1.54, 1.807) is 12.1 Å². The molecule has 0 fully saturated rings. The van der Waals surface area contributed by atoms with E-state index in [-0.39, 0.29) is 24.1 Å². The zero-order chi connectivity index (χ0) is 20.3. The molecular formula is C19H24N3O5S+. The topological polar surface area (TPSA) is 89.4 Å². The Kier molecular flexibility index (Phi) is 5.87. The van der Waals surface area contributed by atoms with Gasteiger partial charge in [-0.1, -0.05) is 6.07 Å². The summed E-state index contributed by atoms with van der Waals surface area (Å²) in [7, 11) is 1.30. The minimum Gasteiger partial charge on any atom is -0.454 e. The van der Waals surface area contributed by atoms with Crippen LogP contribution in [0.25, 0.3) is 0 Å². The number of quaternary nitrogens is 1. The van der Waals surface area contributed by atoms with Gasteiger partial charge in [-0.25, -0.2) is 12.7 Å². The van der Waals surface area contributed by atoms with Crippen LogP contribution < -0.4 is 19.7 Å². The van der Waals surface area contributed by atoms with Crippen LogP contribution >= 0.6 is 0 Å². The number of carbonyl (C=O) groups is 1. The number of anilines is 1. The number of rotatable bonds is 7. The molecule has 1 aliphatic rings. The predicted molar refractivity (Wildman–Crippen MR) is 104 cm³/mol. The molecule has 0 saturated heterocycles. The molecule has 0 aliphatic carbocycles. The third kappa shape index (κ3) is 4.61. The number of hydrogen-bond donors (Lipinski definition) is 2. The van der Waals surface area contributed by atoms with E-state index in [2.05, 4.69) is 5.32 Å². The molecule has 1 heterocycles. The van der Waals surface area contributed by atoms with E-state index in [9.17, 15) is 13.2 Å². The van der Waals surface area contributed by atoms with Crippen molar-refractivity contribution in [2.75, 3.05) is 39.8 Å². The van der Waals surface area contributed by atoms with Crippen LogP contribution in [0.4, 0.5) is 5.69 Å². The third-order valence-corrected chi connectivity index (χ3v) is 6.11. The van der Waals surface area contributed by atoms with Crippen LogP contribution in [0.2, 0.25) is 0 Å². The molecule has 2 aromatic carbocycles. The second-order valence-corrected chi connectivity index (χ2v) is 9.01. The lowest BCUT2D eigenvalue weighted by atomic mass is 10.2. The monoisotopic (exact) mass is 406 g/mol. The number of fused-ring (bicyclic) bond motifs is 1. The highest BCUT2D eigenvalue weighted by Crippen LogP contribution is 2.32. The maximum absolute atomic E-state index is 12.4. The Hall–Kier alpha value is -2.62. The van der Waals surface area contributed by atoms with E-state index in [0.717, 1.165) is 20.5 Å². The van der Waals surface area contributed by atoms with Crippen LogP contribution in [-0.2, 0) is 21.4 Å². The highest BCUT2D eigenvalue weighted by atomic mass is 32.2. The summed E-state index contributed by atoms with van der Waals surface area (Å²) in [5.41, 5.74) is 1.48. The molecule has 9 heteroatoms. The van der Waals surface area contributed by atoms with Crippen molar-refractivity contribution in [3.63, 3.8) is 0 Å². The normalized spacial score (nSPS) is 14.1. The Morgan fingerprint density at radius 1 is 1.14 bits per heavy atom. The third-order valence-electron chi connectivity index (χ3n) is 4.30. The fourth-order valence-corrected chi connectivity index (χ4v) is 3.83. The number of likely N-dealkylation sites (N-methyl/N-ethyl adjacent to an activating group) is 1. The van der Waals surface area contributed by atoms with E-state index in [4.69, 9.17) is 9.47 Å². The maximum atomic E-state index is 12.4. The van der Waals surface area contributed by atoms with E-state index < -0.39 is 10.0 Å². The molecule has 3 rings (SSSR count). The van der Waals surface area contributed by atoms with Crippen molar-refractivity contribution in [3.8, 4) is 11.5 Å². The second-order valence-electron chi connectivity index (χ2n) is 6.86. The largest absolute Gasteiger partial charge is 0.454 e. The molecule has 0 spiro atoms. The van der Waals surface area contributed by atoms with Crippen molar-refractivity contribution in [2.24, 2.45) is 0 Å². The fraction of sp³-hybridized carbons (Fsp3) is 0.316. The summed E-state index contributed by atoms with van der Waals surface area (Å²) in [5, 5.41) is 2.76. The Morgan fingerprint density at radius 3 is 2.64 bits per heavy atom. The molecule has 2 N–H and O–H groups in total. The molecule has 0 bridgehead atoms. The van der Waals surface area contributed by atoms with E-state index in [1.807, 2.05) is 25.2 Å². The lowest BCUT2D eigenvalue weighted by Crippen LogP contribution is -3.08. The van der Waals surface area contributed by atoms with Crippen LogP contribution in [0.3, 0.4) is 0 Å². The average molecular weight is 406 g/mol. The first-order valence-corrected chi connectivity index (χ1v) is 10.2. The van der Waals surface area contributed by atoms with Crippen LogP contribution in [0.1, 0.15) is 5.56 Å². The van der Waals surface area contributed by atoms with E-state index in [0.29, 0.717) is 18.0 Å². The minimum atomic E-state index is -3.55. The first-order valence-electron chi connectivity index (χ1n) is 8.78. The molecule has 0 aromatic heterocycles. The number of amides is 1. The minimum absolute atomic E-state index is 0.136. The molecule has 1 aliphatic heterocycles. The molecule has 1 amide bonds. The Labute approximate surface area is 164 Å². The highest BCUT2D eigenvalue weighted by Gasteiger charge is 2.19. The van der Waals surface area contributed by atoms with Gasteiger partial charge in [0.25, 0.3) is 5.91 Å². The Morgan fingerprint density at radius 2 is 1.89 bits per heavy atom. The van der Waals surface area contributed by atoms with Crippen molar-refractivity contribution >= 4 is 21.6 Å². The predicted octanol–water partition coefficient (Wildman–Crippen LogP) is 0.319. The van der Waals surface area contributed by atoms with Gasteiger partial charge in [-0.15, -0.1) is 0 Å². The van der Waals surface area contributed by atoms with Gasteiger partial charge in [0.2, 0.25) is 16.8 Å². The quantitative estimate of drug-likeness (QED) is 0.691. The highest BCUT2D eigenvalue weighted by molar-refractivity contribution is 7.89. The smallest absolute Gasteiger partial charge is 0.279 e. The number of carbonyl (C=O) groups excluding carboxylic acids is 1. The summed E-state index contributed by atoms with van der Waals surface area (Å²) in [4.78, 5) is 13.5. The van der Waals surface area contributed by atoms with Crippen molar-refractivity contribution in [1.29, 1.82) is 0 Å². The van der Waals surface area contributed by atoms with Crippen LogP contribution in [0, 0.1) is 0 Å². The zero-order valence-electron chi connectivity index (χ0n) is 16.1. The summed E-state index contributed by atoms with van der Waals surface area (Å²) in [5.74, 6) is 1.25. The summed E-state index contributed by atoms with van der Waals surface area (Å²) < 4.78 is 36.3. The molecule has 0 saturated carbocycles.